The van der Waals surface area contributed by atoms with Crippen LogP contribution in [0, 0.1) is 11.7 Å². The number of hydrogen-bond donors (Lipinski definition) is 1. The van der Waals surface area contributed by atoms with E-state index in [0.717, 1.165) is 25.1 Å². The van der Waals surface area contributed by atoms with Gasteiger partial charge in [0.15, 0.2) is 11.5 Å². The van der Waals surface area contributed by atoms with Crippen LogP contribution in [0.5, 0.6) is 11.5 Å². The number of carbonyl (C=O) groups is 2. The second-order valence-electron chi connectivity index (χ2n) is 12.5. The van der Waals surface area contributed by atoms with Gasteiger partial charge in [-0.2, -0.15) is 0 Å². The molecule has 0 saturated carbocycles. The summed E-state index contributed by atoms with van der Waals surface area (Å²) in [6.07, 6.45) is 3.03. The molecule has 0 radical (unpaired) electrons. The molecule has 1 saturated heterocycles. The van der Waals surface area contributed by atoms with Gasteiger partial charge in [0.05, 0.1) is 29.8 Å². The van der Waals surface area contributed by atoms with Crippen LogP contribution in [0.15, 0.2) is 79.1 Å². The Labute approximate surface area is 308 Å². The Hall–Kier alpha value is -4.22. The Morgan fingerprint density at radius 3 is 2.37 bits per heavy atom. The van der Waals surface area contributed by atoms with Crippen LogP contribution in [0.3, 0.4) is 0 Å². The van der Waals surface area contributed by atoms with Crippen LogP contribution in [0.25, 0.3) is 0 Å². The zero-order chi connectivity index (χ0) is 36.5. The molecule has 0 spiro atoms. The SMILES string of the molecule is CCN1CCC(C)[C@@H](OC(=O)C(NCc2ccc(C(=O)O[C@@H](Cc3c(Cl)cncc3Cl)c3ccc(OC)c(OC)c3)cc2)c2cccc(F)c2)C1. The molecular weight excluding hydrogens is 696 g/mol. The minimum atomic E-state index is -0.899. The second kappa shape index (κ2) is 17.8. The number of esters is 2. The molecule has 2 unspecified atom stereocenters. The number of halogens is 3. The lowest BCUT2D eigenvalue weighted by Gasteiger charge is -2.36. The molecule has 1 aliphatic rings. The lowest BCUT2D eigenvalue weighted by Crippen LogP contribution is -2.46. The third-order valence-corrected chi connectivity index (χ3v) is 9.83. The molecular formula is C39H42Cl2FN3O6. The number of carbonyl (C=O) groups excluding carboxylic acids is 2. The van der Waals surface area contributed by atoms with E-state index in [1.165, 1.54) is 38.7 Å². The number of hydrogen-bond acceptors (Lipinski definition) is 9. The van der Waals surface area contributed by atoms with Crippen molar-refractivity contribution >= 4 is 35.1 Å². The fourth-order valence-corrected chi connectivity index (χ4v) is 6.57. The number of rotatable bonds is 14. The number of piperidine rings is 1. The molecule has 5 rings (SSSR count). The van der Waals surface area contributed by atoms with Crippen molar-refractivity contribution in [2.24, 2.45) is 5.92 Å². The van der Waals surface area contributed by atoms with Crippen LogP contribution in [0.1, 0.15) is 65.0 Å². The fourth-order valence-electron chi connectivity index (χ4n) is 6.05. The minimum absolute atomic E-state index is 0.178. The first-order valence-electron chi connectivity index (χ1n) is 16.8. The summed E-state index contributed by atoms with van der Waals surface area (Å²) >= 11 is 12.9. The lowest BCUT2D eigenvalue weighted by molar-refractivity contribution is -0.157. The highest BCUT2D eigenvalue weighted by Crippen LogP contribution is 2.35. The van der Waals surface area contributed by atoms with Crippen LogP contribution in [-0.4, -0.2) is 61.8 Å². The lowest BCUT2D eigenvalue weighted by atomic mass is 9.95. The Morgan fingerprint density at radius 2 is 1.71 bits per heavy atom. The van der Waals surface area contributed by atoms with Crippen molar-refractivity contribution < 1.29 is 32.9 Å². The van der Waals surface area contributed by atoms with E-state index in [1.807, 2.05) is 0 Å². The van der Waals surface area contributed by atoms with Gasteiger partial charge in [-0.05, 0) is 84.1 Å². The van der Waals surface area contributed by atoms with Gasteiger partial charge in [0.1, 0.15) is 24.1 Å². The summed E-state index contributed by atoms with van der Waals surface area (Å²) < 4.78 is 37.2. The third-order valence-electron chi connectivity index (χ3n) is 9.18. The van der Waals surface area contributed by atoms with Crippen molar-refractivity contribution in [3.05, 3.63) is 123 Å². The van der Waals surface area contributed by atoms with Gasteiger partial charge in [-0.3, -0.25) is 15.2 Å². The molecule has 1 fully saturated rings. The highest BCUT2D eigenvalue weighted by Gasteiger charge is 2.32. The van der Waals surface area contributed by atoms with Crippen LogP contribution >= 0.6 is 23.2 Å². The van der Waals surface area contributed by atoms with E-state index in [-0.39, 0.29) is 25.0 Å². The maximum absolute atomic E-state index is 14.3. The molecule has 9 nitrogen and oxygen atoms in total. The molecule has 0 aliphatic carbocycles. The minimum Gasteiger partial charge on any atom is -0.493 e. The Morgan fingerprint density at radius 1 is 0.980 bits per heavy atom. The average Bonchev–Trinajstić information content (AvgIpc) is 3.13. The van der Waals surface area contributed by atoms with Gasteiger partial charge in [0, 0.05) is 31.9 Å². The zero-order valence-electron chi connectivity index (χ0n) is 29.0. The average molecular weight is 739 g/mol. The number of nitrogens with zero attached hydrogens (tertiary/aromatic N) is 2. The van der Waals surface area contributed by atoms with Gasteiger partial charge in [-0.25, -0.2) is 14.0 Å². The van der Waals surface area contributed by atoms with Gasteiger partial charge in [-0.15, -0.1) is 0 Å². The molecule has 12 heteroatoms. The topological polar surface area (TPSA) is 99.2 Å². The van der Waals surface area contributed by atoms with Gasteiger partial charge in [0.2, 0.25) is 0 Å². The maximum atomic E-state index is 14.3. The van der Waals surface area contributed by atoms with E-state index < -0.39 is 29.9 Å². The van der Waals surface area contributed by atoms with Crippen molar-refractivity contribution in [2.45, 2.75) is 51.5 Å². The number of ether oxygens (including phenoxy) is 4. The van der Waals surface area contributed by atoms with E-state index >= 15 is 0 Å². The number of methoxy groups -OCH3 is 2. The van der Waals surface area contributed by atoms with Crippen molar-refractivity contribution in [1.82, 2.24) is 15.2 Å². The standard InChI is InChI=1S/C39H42Cl2FN3O6/c1-5-45-16-15-24(2)36(23-45)51-39(47)37(28-7-6-8-29(42)17-28)44-20-25-9-11-26(12-10-25)38(46)50-34(19-30-31(40)21-43-22-32(30)41)27-13-14-33(48-3)35(18-27)49-4/h6-14,17-18,21-22,24,34,36-37,44H,5,15-16,19-20,23H2,1-4H3/t24?,34-,36-,37?/m0/s1. The summed E-state index contributed by atoms with van der Waals surface area (Å²) in [4.78, 5) is 33.4. The molecule has 1 aliphatic heterocycles. The molecule has 270 valence electrons. The monoisotopic (exact) mass is 737 g/mol. The van der Waals surface area contributed by atoms with E-state index in [4.69, 9.17) is 42.1 Å². The molecule has 2 heterocycles. The zero-order valence-corrected chi connectivity index (χ0v) is 30.5. The smallest absolute Gasteiger partial charge is 0.338 e. The summed E-state index contributed by atoms with van der Waals surface area (Å²) in [5.74, 6) is -0.280. The van der Waals surface area contributed by atoms with Gasteiger partial charge >= 0.3 is 11.9 Å². The number of pyridine rings is 1. The fraction of sp³-hybridized carbons (Fsp3) is 0.359. The first-order chi connectivity index (χ1) is 24.6. The number of likely N-dealkylation sites (tertiary alicyclic amines) is 1. The molecule has 4 aromatic rings. The van der Waals surface area contributed by atoms with Crippen molar-refractivity contribution in [3.8, 4) is 11.5 Å². The van der Waals surface area contributed by atoms with Gasteiger partial charge in [-0.1, -0.05) is 67.4 Å². The first-order valence-corrected chi connectivity index (χ1v) is 17.6. The van der Waals surface area contributed by atoms with Crippen molar-refractivity contribution in [3.63, 3.8) is 0 Å². The molecule has 0 bridgehead atoms. The summed E-state index contributed by atoms with van der Waals surface area (Å²) in [5, 5.41) is 3.94. The van der Waals surface area contributed by atoms with Crippen LogP contribution in [-0.2, 0) is 27.2 Å². The van der Waals surface area contributed by atoms with E-state index in [1.54, 1.807) is 54.6 Å². The molecule has 4 atom stereocenters. The molecule has 3 aromatic carbocycles. The summed E-state index contributed by atoms with van der Waals surface area (Å²) in [6, 6.07) is 17.1. The van der Waals surface area contributed by atoms with Crippen molar-refractivity contribution in [1.29, 1.82) is 0 Å². The Balaban J connectivity index is 1.31. The number of aromatic nitrogens is 1. The van der Waals surface area contributed by atoms with E-state index in [2.05, 4.69) is 29.0 Å². The first kappa shape index (κ1) is 38.0. The summed E-state index contributed by atoms with van der Waals surface area (Å²) in [6.45, 7) is 6.92. The Kier molecular flexibility index (Phi) is 13.3. The highest BCUT2D eigenvalue weighted by molar-refractivity contribution is 6.35. The molecule has 51 heavy (non-hydrogen) atoms. The third kappa shape index (κ3) is 9.77. The molecule has 1 N–H and O–H groups in total. The normalized spacial score (nSPS) is 17.3. The number of likely N-dealkylation sites (N-methyl/N-ethyl adjacent to an activating group) is 1. The quantitative estimate of drug-likeness (QED) is 0.130. The second-order valence-corrected chi connectivity index (χ2v) is 13.3. The van der Waals surface area contributed by atoms with Gasteiger partial charge in [0.25, 0.3) is 0 Å². The van der Waals surface area contributed by atoms with E-state index in [9.17, 15) is 14.0 Å². The van der Waals surface area contributed by atoms with Crippen LogP contribution in [0.2, 0.25) is 10.0 Å². The highest BCUT2D eigenvalue weighted by atomic mass is 35.5. The van der Waals surface area contributed by atoms with Crippen LogP contribution < -0.4 is 14.8 Å². The number of benzene rings is 3. The van der Waals surface area contributed by atoms with Crippen LogP contribution in [0.4, 0.5) is 4.39 Å². The summed E-state index contributed by atoms with van der Waals surface area (Å²) in [5.41, 5.74) is 2.78. The van der Waals surface area contributed by atoms with Crippen molar-refractivity contribution in [2.75, 3.05) is 33.9 Å². The predicted octanol–water partition coefficient (Wildman–Crippen LogP) is 7.79. The van der Waals surface area contributed by atoms with Gasteiger partial charge < -0.3 is 18.9 Å². The predicted molar refractivity (Wildman–Crippen MR) is 194 cm³/mol. The Bertz CT molecular complexity index is 1790. The largest absolute Gasteiger partial charge is 0.493 e. The molecule has 1 aromatic heterocycles. The van der Waals surface area contributed by atoms with E-state index in [0.29, 0.717) is 50.3 Å². The number of nitrogens with one attached hydrogen (secondary N) is 1. The molecule has 0 amide bonds. The maximum Gasteiger partial charge on any atom is 0.338 e. The summed E-state index contributed by atoms with van der Waals surface area (Å²) in [7, 11) is 3.06.